The molecule has 8 heteroatoms. The molecule has 0 unspecified atom stereocenters. The van der Waals surface area contributed by atoms with Crippen LogP contribution in [0.4, 0.5) is 17.6 Å². The second-order valence-corrected chi connectivity index (χ2v) is 7.85. The Morgan fingerprint density at radius 2 is 1.46 bits per heavy atom. The molecule has 3 nitrogen and oxygen atoms in total. The van der Waals surface area contributed by atoms with Crippen LogP contribution in [0.15, 0.2) is 36.1 Å². The van der Waals surface area contributed by atoms with Crippen molar-refractivity contribution in [2.75, 3.05) is 0 Å². The van der Waals surface area contributed by atoms with Crippen molar-refractivity contribution in [3.63, 3.8) is 0 Å². The molecule has 0 atom stereocenters. The van der Waals surface area contributed by atoms with Crippen LogP contribution in [0.5, 0.6) is 5.75 Å². The first-order valence-corrected chi connectivity index (χ1v) is 8.23. The van der Waals surface area contributed by atoms with E-state index >= 15 is 0 Å². The first-order valence-electron chi connectivity index (χ1n) is 8.23. The Morgan fingerprint density at radius 1 is 1.00 bits per heavy atom. The standard InChI is InChI=1S/C18H23BF4O3/c1-15(2,24-13-9-7-12(8-10-13)18(21,22)23)11-14(20)19-25-16(3,4)17(5,6)26-19/h7-11H,1-6H3. The highest BCUT2D eigenvalue weighted by Crippen LogP contribution is 2.39. The molecular formula is C18H23BF4O3. The Labute approximate surface area is 151 Å². The minimum Gasteiger partial charge on any atom is -0.484 e. The van der Waals surface area contributed by atoms with Gasteiger partial charge in [0.15, 0.2) is 0 Å². The molecule has 1 fully saturated rings. The number of rotatable bonds is 4. The van der Waals surface area contributed by atoms with Crippen molar-refractivity contribution < 1.29 is 31.6 Å². The zero-order valence-electron chi connectivity index (χ0n) is 15.7. The van der Waals surface area contributed by atoms with Crippen LogP contribution in [0.3, 0.4) is 0 Å². The molecule has 1 heterocycles. The number of hydrogen-bond acceptors (Lipinski definition) is 3. The summed E-state index contributed by atoms with van der Waals surface area (Å²) in [6.45, 7) is 10.4. The van der Waals surface area contributed by atoms with Crippen LogP contribution in [-0.4, -0.2) is 23.9 Å². The van der Waals surface area contributed by atoms with Gasteiger partial charge in [-0.1, -0.05) is 0 Å². The van der Waals surface area contributed by atoms with Crippen LogP contribution in [-0.2, 0) is 15.5 Å². The van der Waals surface area contributed by atoms with Crippen LogP contribution in [0, 0.1) is 0 Å². The predicted octanol–water partition coefficient (Wildman–Crippen LogP) is 5.35. The van der Waals surface area contributed by atoms with Gasteiger partial charge in [-0.3, -0.25) is 0 Å². The van der Waals surface area contributed by atoms with Gasteiger partial charge in [-0.15, -0.1) is 0 Å². The lowest BCUT2D eigenvalue weighted by molar-refractivity contribution is -0.137. The van der Waals surface area contributed by atoms with Gasteiger partial charge in [-0.25, -0.2) is 4.39 Å². The third kappa shape index (κ3) is 4.59. The topological polar surface area (TPSA) is 27.7 Å². The average Bonchev–Trinajstić information content (AvgIpc) is 2.66. The number of benzene rings is 1. The number of alkyl halides is 3. The van der Waals surface area contributed by atoms with Gasteiger partial charge in [-0.2, -0.15) is 13.2 Å². The minimum absolute atomic E-state index is 0.195. The zero-order chi connectivity index (χ0) is 20.0. The summed E-state index contributed by atoms with van der Waals surface area (Å²) in [5.41, 5.74) is -3.90. The Kier molecular flexibility index (Phi) is 5.25. The van der Waals surface area contributed by atoms with Gasteiger partial charge in [0.2, 0.25) is 0 Å². The predicted molar refractivity (Wildman–Crippen MR) is 91.4 cm³/mol. The Bertz CT molecular complexity index is 663. The lowest BCUT2D eigenvalue weighted by Gasteiger charge is -2.32. The fraction of sp³-hybridized carbons (Fsp3) is 0.556. The Hall–Kier alpha value is -1.54. The van der Waals surface area contributed by atoms with Gasteiger partial charge in [0, 0.05) is 0 Å². The zero-order valence-corrected chi connectivity index (χ0v) is 15.7. The third-order valence-electron chi connectivity index (χ3n) is 4.53. The molecule has 0 aliphatic carbocycles. The fourth-order valence-electron chi connectivity index (χ4n) is 2.40. The van der Waals surface area contributed by atoms with Crippen LogP contribution in [0.25, 0.3) is 0 Å². The highest BCUT2D eigenvalue weighted by atomic mass is 19.4. The van der Waals surface area contributed by atoms with Crippen molar-refractivity contribution in [3.8, 4) is 5.75 Å². The van der Waals surface area contributed by atoms with Gasteiger partial charge in [-0.05, 0) is 71.9 Å². The molecule has 144 valence electrons. The van der Waals surface area contributed by atoms with E-state index in [1.165, 1.54) is 18.2 Å². The summed E-state index contributed by atoms with van der Waals surface area (Å²) < 4.78 is 69.3. The van der Waals surface area contributed by atoms with Gasteiger partial charge in [0.25, 0.3) is 0 Å². The van der Waals surface area contributed by atoms with E-state index in [0.29, 0.717) is 0 Å². The maximum Gasteiger partial charge on any atom is 0.525 e. The van der Waals surface area contributed by atoms with E-state index in [1.807, 2.05) is 27.7 Å². The first kappa shape index (κ1) is 20.8. The maximum absolute atomic E-state index is 14.6. The van der Waals surface area contributed by atoms with E-state index in [1.54, 1.807) is 13.8 Å². The summed E-state index contributed by atoms with van der Waals surface area (Å²) in [6.07, 6.45) is -3.22. The molecular weight excluding hydrogens is 351 g/mol. The molecule has 0 aromatic heterocycles. The molecule has 0 amide bonds. The maximum atomic E-state index is 14.6. The van der Waals surface area contributed by atoms with Crippen LogP contribution in [0.1, 0.15) is 47.1 Å². The van der Waals surface area contributed by atoms with E-state index in [2.05, 4.69) is 0 Å². The second-order valence-electron chi connectivity index (χ2n) is 7.85. The lowest BCUT2D eigenvalue weighted by Crippen LogP contribution is -2.41. The SMILES string of the molecule is CC(C)(C=C(F)B1OC(C)(C)C(C)(C)O1)Oc1ccc(C(F)(F)F)cc1. The third-order valence-corrected chi connectivity index (χ3v) is 4.53. The van der Waals surface area contributed by atoms with Crippen molar-refractivity contribution in [1.29, 1.82) is 0 Å². The summed E-state index contributed by atoms with van der Waals surface area (Å²) in [6, 6.07) is 4.23. The summed E-state index contributed by atoms with van der Waals surface area (Å²) in [7, 11) is -1.16. The molecule has 1 aliphatic heterocycles. The summed E-state index contributed by atoms with van der Waals surface area (Å²) in [4.78, 5) is 0. The largest absolute Gasteiger partial charge is 0.525 e. The van der Waals surface area contributed by atoms with Crippen LogP contribution >= 0.6 is 0 Å². The highest BCUT2D eigenvalue weighted by molar-refractivity contribution is 6.53. The molecule has 1 aromatic carbocycles. The van der Waals surface area contributed by atoms with Gasteiger partial charge in [0.1, 0.15) is 17.1 Å². The van der Waals surface area contributed by atoms with Gasteiger partial charge in [0.05, 0.1) is 16.8 Å². The number of ether oxygens (including phenoxy) is 1. The molecule has 0 bridgehead atoms. The van der Waals surface area contributed by atoms with E-state index in [-0.39, 0.29) is 5.75 Å². The van der Waals surface area contributed by atoms with Crippen LogP contribution in [0.2, 0.25) is 0 Å². The van der Waals surface area contributed by atoms with E-state index in [9.17, 15) is 17.6 Å². The Morgan fingerprint density at radius 3 is 1.88 bits per heavy atom. The molecule has 0 radical (unpaired) electrons. The first-order chi connectivity index (χ1) is 11.6. The van der Waals surface area contributed by atoms with Crippen LogP contribution < -0.4 is 4.74 Å². The summed E-state index contributed by atoms with van der Waals surface area (Å²) >= 11 is 0. The lowest BCUT2D eigenvalue weighted by atomic mass is 9.85. The Balaban J connectivity index is 2.11. The summed E-state index contributed by atoms with van der Waals surface area (Å²) in [5.74, 6) is 0.195. The van der Waals surface area contributed by atoms with Gasteiger partial charge >= 0.3 is 13.3 Å². The molecule has 1 aromatic rings. The minimum atomic E-state index is -4.42. The highest BCUT2D eigenvalue weighted by Gasteiger charge is 2.53. The molecule has 2 rings (SSSR count). The van der Waals surface area contributed by atoms with Gasteiger partial charge < -0.3 is 14.0 Å². The quantitative estimate of drug-likeness (QED) is 0.526. The van der Waals surface area contributed by atoms with Crippen molar-refractivity contribution in [2.24, 2.45) is 0 Å². The second kappa shape index (κ2) is 6.57. The molecule has 0 N–H and O–H groups in total. The fourth-order valence-corrected chi connectivity index (χ4v) is 2.40. The van der Waals surface area contributed by atoms with Crippen molar-refractivity contribution >= 4 is 7.12 Å². The normalized spacial score (nSPS) is 20.4. The summed E-state index contributed by atoms with van der Waals surface area (Å²) in [5, 5.41) is 0. The van der Waals surface area contributed by atoms with Crippen molar-refractivity contribution in [2.45, 2.75) is 64.5 Å². The number of hydrogen-bond donors (Lipinski definition) is 0. The van der Waals surface area contributed by atoms with Crippen molar-refractivity contribution in [1.82, 2.24) is 0 Å². The number of halogens is 4. The van der Waals surface area contributed by atoms with E-state index in [0.717, 1.165) is 12.1 Å². The molecule has 0 saturated carbocycles. The van der Waals surface area contributed by atoms with E-state index < -0.39 is 41.4 Å². The smallest absolute Gasteiger partial charge is 0.484 e. The monoisotopic (exact) mass is 374 g/mol. The molecule has 1 aliphatic rings. The molecule has 0 spiro atoms. The average molecular weight is 374 g/mol. The molecule has 1 saturated heterocycles. The molecule has 26 heavy (non-hydrogen) atoms. The van der Waals surface area contributed by atoms with E-state index in [4.69, 9.17) is 14.0 Å². The van der Waals surface area contributed by atoms with Crippen molar-refractivity contribution in [3.05, 3.63) is 41.6 Å².